The van der Waals surface area contributed by atoms with Crippen molar-refractivity contribution in [1.29, 1.82) is 0 Å². The number of benzene rings is 1. The third-order valence-electron chi connectivity index (χ3n) is 4.06. The number of nitrogens with zero attached hydrogens (tertiary/aromatic N) is 1. The normalized spacial score (nSPS) is 16.8. The van der Waals surface area contributed by atoms with Crippen LogP contribution in [0.3, 0.4) is 0 Å². The van der Waals surface area contributed by atoms with Crippen LogP contribution in [0.5, 0.6) is 0 Å². The van der Waals surface area contributed by atoms with E-state index >= 15 is 0 Å². The fraction of sp³-hybridized carbons (Fsp3) is 0.438. The van der Waals surface area contributed by atoms with Gasteiger partial charge >= 0.3 is 0 Å². The van der Waals surface area contributed by atoms with Gasteiger partial charge in [0.05, 0.1) is 6.04 Å². The molecule has 0 radical (unpaired) electrons. The molecule has 4 heteroatoms. The summed E-state index contributed by atoms with van der Waals surface area (Å²) in [5, 5.41) is 4.57. The molecule has 1 aromatic heterocycles. The highest BCUT2D eigenvalue weighted by atomic mass is 16.2. The van der Waals surface area contributed by atoms with Crippen molar-refractivity contribution in [3.8, 4) is 0 Å². The molecule has 1 aromatic carbocycles. The van der Waals surface area contributed by atoms with Gasteiger partial charge in [0.25, 0.3) is 0 Å². The first-order chi connectivity index (χ1) is 9.75. The Morgan fingerprint density at radius 3 is 2.90 bits per heavy atom. The summed E-state index contributed by atoms with van der Waals surface area (Å²) < 4.78 is 0. The number of carbonyl (C=O) groups excluding carboxylic acids is 1. The van der Waals surface area contributed by atoms with Gasteiger partial charge in [-0.2, -0.15) is 0 Å². The van der Waals surface area contributed by atoms with Crippen LogP contribution in [-0.2, 0) is 11.3 Å². The molecule has 4 nitrogen and oxygen atoms in total. The summed E-state index contributed by atoms with van der Waals surface area (Å²) in [6.07, 6.45) is 4.30. The van der Waals surface area contributed by atoms with E-state index in [1.54, 1.807) is 0 Å². The van der Waals surface area contributed by atoms with Crippen molar-refractivity contribution in [2.45, 2.75) is 32.4 Å². The lowest BCUT2D eigenvalue weighted by Crippen LogP contribution is -2.43. The van der Waals surface area contributed by atoms with Crippen LogP contribution in [0.25, 0.3) is 10.9 Å². The van der Waals surface area contributed by atoms with Gasteiger partial charge < -0.3 is 15.2 Å². The molecule has 0 aliphatic carbocycles. The van der Waals surface area contributed by atoms with Crippen molar-refractivity contribution in [1.82, 2.24) is 15.2 Å². The SMILES string of the molecule is CC(NCc1c[nH]c2ccccc12)C(=O)N1CCCC1. The zero-order valence-electron chi connectivity index (χ0n) is 11.9. The van der Waals surface area contributed by atoms with Crippen molar-refractivity contribution in [2.24, 2.45) is 0 Å². The first kappa shape index (κ1) is 13.2. The molecule has 1 saturated heterocycles. The van der Waals surface area contributed by atoms with Gasteiger partial charge in [-0.05, 0) is 31.4 Å². The number of fused-ring (bicyclic) bond motifs is 1. The molecule has 0 saturated carbocycles. The average molecular weight is 271 g/mol. The highest BCUT2D eigenvalue weighted by molar-refractivity contribution is 5.83. The van der Waals surface area contributed by atoms with Crippen molar-refractivity contribution in [3.63, 3.8) is 0 Å². The summed E-state index contributed by atoms with van der Waals surface area (Å²) in [5.74, 6) is 0.224. The molecule has 1 unspecified atom stereocenters. The van der Waals surface area contributed by atoms with Crippen LogP contribution >= 0.6 is 0 Å². The van der Waals surface area contributed by atoms with Gasteiger partial charge in [-0.1, -0.05) is 18.2 Å². The number of rotatable bonds is 4. The lowest BCUT2D eigenvalue weighted by atomic mass is 10.1. The molecule has 3 rings (SSSR count). The van der Waals surface area contributed by atoms with Crippen LogP contribution < -0.4 is 5.32 Å². The topological polar surface area (TPSA) is 48.1 Å². The van der Waals surface area contributed by atoms with Crippen LogP contribution in [0.4, 0.5) is 0 Å². The fourth-order valence-corrected chi connectivity index (χ4v) is 2.84. The van der Waals surface area contributed by atoms with E-state index in [1.807, 2.05) is 30.2 Å². The fourth-order valence-electron chi connectivity index (χ4n) is 2.84. The highest BCUT2D eigenvalue weighted by Crippen LogP contribution is 2.17. The number of aromatic amines is 1. The van der Waals surface area contributed by atoms with Gasteiger partial charge in [-0.25, -0.2) is 0 Å². The van der Waals surface area contributed by atoms with Crippen molar-refractivity contribution in [2.75, 3.05) is 13.1 Å². The number of H-pyrrole nitrogens is 1. The van der Waals surface area contributed by atoms with Gasteiger partial charge in [0.1, 0.15) is 0 Å². The second-order valence-corrected chi connectivity index (χ2v) is 5.49. The van der Waals surface area contributed by atoms with Gasteiger partial charge in [0, 0.05) is 36.7 Å². The third kappa shape index (κ3) is 2.56. The van der Waals surface area contributed by atoms with Crippen molar-refractivity contribution in [3.05, 3.63) is 36.0 Å². The van der Waals surface area contributed by atoms with E-state index < -0.39 is 0 Å². The minimum atomic E-state index is -0.123. The second kappa shape index (κ2) is 5.67. The first-order valence-corrected chi connectivity index (χ1v) is 7.33. The lowest BCUT2D eigenvalue weighted by molar-refractivity contribution is -0.131. The number of para-hydroxylation sites is 1. The summed E-state index contributed by atoms with van der Waals surface area (Å²) in [7, 11) is 0. The Morgan fingerprint density at radius 1 is 1.35 bits per heavy atom. The maximum atomic E-state index is 12.2. The molecule has 1 atom stereocenters. The molecule has 106 valence electrons. The Kier molecular flexibility index (Phi) is 3.74. The van der Waals surface area contributed by atoms with Crippen molar-refractivity contribution >= 4 is 16.8 Å². The summed E-state index contributed by atoms with van der Waals surface area (Å²) in [6, 6.07) is 8.11. The van der Waals surface area contributed by atoms with Crippen LogP contribution in [0.2, 0.25) is 0 Å². The maximum absolute atomic E-state index is 12.2. The molecular formula is C16H21N3O. The van der Waals surface area contributed by atoms with Crippen LogP contribution in [0, 0.1) is 0 Å². The molecule has 2 N–H and O–H groups in total. The number of nitrogens with one attached hydrogen (secondary N) is 2. The van der Waals surface area contributed by atoms with E-state index in [9.17, 15) is 4.79 Å². The summed E-state index contributed by atoms with van der Waals surface area (Å²) in [4.78, 5) is 17.5. The summed E-state index contributed by atoms with van der Waals surface area (Å²) >= 11 is 0. The molecule has 20 heavy (non-hydrogen) atoms. The smallest absolute Gasteiger partial charge is 0.239 e. The number of likely N-dealkylation sites (tertiary alicyclic amines) is 1. The molecule has 1 amide bonds. The molecule has 1 aliphatic heterocycles. The maximum Gasteiger partial charge on any atom is 0.239 e. The zero-order valence-corrected chi connectivity index (χ0v) is 11.9. The van der Waals surface area contributed by atoms with E-state index in [2.05, 4.69) is 22.4 Å². The minimum Gasteiger partial charge on any atom is -0.361 e. The Morgan fingerprint density at radius 2 is 2.10 bits per heavy atom. The van der Waals surface area contributed by atoms with E-state index in [1.165, 1.54) is 10.9 Å². The number of hydrogen-bond acceptors (Lipinski definition) is 2. The second-order valence-electron chi connectivity index (χ2n) is 5.49. The zero-order chi connectivity index (χ0) is 13.9. The van der Waals surface area contributed by atoms with E-state index in [0.29, 0.717) is 6.54 Å². The molecule has 2 heterocycles. The number of amides is 1. The van der Waals surface area contributed by atoms with Gasteiger partial charge in [0.15, 0.2) is 0 Å². The summed E-state index contributed by atoms with van der Waals surface area (Å²) in [5.41, 5.74) is 2.35. The largest absolute Gasteiger partial charge is 0.361 e. The number of carbonyl (C=O) groups is 1. The van der Waals surface area contributed by atoms with Crippen LogP contribution in [-0.4, -0.2) is 34.9 Å². The average Bonchev–Trinajstić information content (AvgIpc) is 3.13. The Balaban J connectivity index is 1.62. The van der Waals surface area contributed by atoms with Gasteiger partial charge in [0.2, 0.25) is 5.91 Å². The Labute approximate surface area is 119 Å². The molecule has 2 aromatic rings. The molecule has 0 bridgehead atoms. The number of hydrogen-bond donors (Lipinski definition) is 2. The lowest BCUT2D eigenvalue weighted by Gasteiger charge is -2.21. The molecular weight excluding hydrogens is 250 g/mol. The Bertz CT molecular complexity index is 599. The predicted octanol–water partition coefficient (Wildman–Crippen LogP) is 2.27. The van der Waals surface area contributed by atoms with Crippen LogP contribution in [0.1, 0.15) is 25.3 Å². The minimum absolute atomic E-state index is 0.123. The van der Waals surface area contributed by atoms with Gasteiger partial charge in [-0.3, -0.25) is 4.79 Å². The summed E-state index contributed by atoms with van der Waals surface area (Å²) in [6.45, 7) is 4.50. The van der Waals surface area contributed by atoms with Crippen molar-refractivity contribution < 1.29 is 4.79 Å². The predicted molar refractivity (Wildman–Crippen MR) is 80.4 cm³/mol. The highest BCUT2D eigenvalue weighted by Gasteiger charge is 2.22. The molecule has 1 aliphatic rings. The van der Waals surface area contributed by atoms with E-state index in [0.717, 1.165) is 31.4 Å². The van der Waals surface area contributed by atoms with E-state index in [-0.39, 0.29) is 11.9 Å². The third-order valence-corrected chi connectivity index (χ3v) is 4.06. The first-order valence-electron chi connectivity index (χ1n) is 7.33. The van der Waals surface area contributed by atoms with E-state index in [4.69, 9.17) is 0 Å². The monoisotopic (exact) mass is 271 g/mol. The number of aromatic nitrogens is 1. The molecule has 1 fully saturated rings. The van der Waals surface area contributed by atoms with Gasteiger partial charge in [-0.15, -0.1) is 0 Å². The van der Waals surface area contributed by atoms with Crippen LogP contribution in [0.15, 0.2) is 30.5 Å². The Hall–Kier alpha value is -1.81. The standard InChI is InChI=1S/C16H21N3O/c1-12(16(20)19-8-4-5-9-19)17-10-13-11-18-15-7-3-2-6-14(13)15/h2-3,6-7,11-12,17-18H,4-5,8-10H2,1H3. The quantitative estimate of drug-likeness (QED) is 0.896. The molecule has 0 spiro atoms.